The number of anilines is 2. The number of rotatable bonds is 5. The van der Waals surface area contributed by atoms with Gasteiger partial charge in [0.2, 0.25) is 5.91 Å². The highest BCUT2D eigenvalue weighted by atomic mass is 31.2. The summed E-state index contributed by atoms with van der Waals surface area (Å²) in [7, 11) is -2.74. The minimum absolute atomic E-state index is 0.0298. The maximum atomic E-state index is 13.9. The molecule has 1 aliphatic heterocycles. The Hall–Kier alpha value is -3.13. The summed E-state index contributed by atoms with van der Waals surface area (Å²) in [6.45, 7) is 5.89. The number of amides is 1. The molecule has 2 aromatic carbocycles. The molecule has 38 heavy (non-hydrogen) atoms. The van der Waals surface area contributed by atoms with E-state index in [1.807, 2.05) is 23.1 Å². The van der Waals surface area contributed by atoms with Crippen LogP contribution in [0.5, 0.6) is 0 Å². The average Bonchev–Trinajstić information content (AvgIpc) is 3.70. The van der Waals surface area contributed by atoms with E-state index in [-0.39, 0.29) is 23.1 Å². The van der Waals surface area contributed by atoms with Crippen molar-refractivity contribution < 1.29 is 22.5 Å². The smallest absolute Gasteiger partial charge is 0.399 e. The lowest BCUT2D eigenvalue weighted by Gasteiger charge is -2.32. The van der Waals surface area contributed by atoms with Crippen LogP contribution in [0.4, 0.5) is 24.7 Å². The zero-order chi connectivity index (χ0) is 27.4. The first-order valence-corrected chi connectivity index (χ1v) is 14.8. The zero-order valence-electron chi connectivity index (χ0n) is 21.6. The summed E-state index contributed by atoms with van der Waals surface area (Å²) in [6, 6.07) is 7.41. The molecule has 0 bridgehead atoms. The summed E-state index contributed by atoms with van der Waals surface area (Å²) < 4.78 is 54.7. The molecule has 3 aromatic rings. The Bertz CT molecular complexity index is 1460. The fourth-order valence-electron chi connectivity index (χ4n) is 5.24. The predicted molar refractivity (Wildman–Crippen MR) is 143 cm³/mol. The molecule has 1 aromatic heterocycles. The number of nitrogens with zero attached hydrogens (tertiary/aromatic N) is 3. The molecule has 0 unspecified atom stereocenters. The molecule has 2 heterocycles. The Balaban J connectivity index is 1.46. The van der Waals surface area contributed by atoms with Gasteiger partial charge in [0.25, 0.3) is 0 Å². The van der Waals surface area contributed by atoms with E-state index in [0.29, 0.717) is 58.8 Å². The molecule has 2 aliphatic rings. The van der Waals surface area contributed by atoms with Crippen molar-refractivity contribution >= 4 is 40.8 Å². The zero-order valence-corrected chi connectivity index (χ0v) is 22.5. The second-order valence-corrected chi connectivity index (χ2v) is 13.6. The third-order valence-corrected chi connectivity index (χ3v) is 10.6. The van der Waals surface area contributed by atoms with Gasteiger partial charge < -0.3 is 20.5 Å². The predicted octanol–water partition coefficient (Wildman–Crippen LogP) is 5.26. The third kappa shape index (κ3) is 5.10. The first-order chi connectivity index (χ1) is 17.9. The lowest BCUT2D eigenvalue weighted by molar-refractivity contribution is -0.138. The Morgan fingerprint density at radius 3 is 2.45 bits per heavy atom. The number of benzene rings is 2. The molecule has 1 atom stereocenters. The standard InChI is InChI=1S/C27H31F3N5O2P/c1-15-21(12-19(31)13-23(15)27(28,29)30)16(2)32-25-22-14-20(6-7-24(22)33-17(3)34-25)38(37)10-8-35(9-11-38)26(36)18-4-5-18/h6-7,12-14,16,18H,4-5,8-11,31H2,1-3H3,(H,32,33,34)/t16-/m1/s1. The number of nitrogens with two attached hydrogens (primary N) is 1. The molecule has 11 heteroatoms. The van der Waals surface area contributed by atoms with Crippen molar-refractivity contribution in [2.45, 2.75) is 45.8 Å². The molecule has 1 saturated carbocycles. The number of alkyl halides is 3. The average molecular weight is 546 g/mol. The van der Waals surface area contributed by atoms with Crippen molar-refractivity contribution in [3.63, 3.8) is 0 Å². The topological polar surface area (TPSA) is 101 Å². The van der Waals surface area contributed by atoms with Gasteiger partial charge in [0.05, 0.1) is 17.1 Å². The molecule has 5 rings (SSSR count). The normalized spacial score (nSPS) is 18.4. The van der Waals surface area contributed by atoms with Crippen molar-refractivity contribution in [2.24, 2.45) is 5.92 Å². The minimum atomic E-state index is -4.52. The molecule has 1 saturated heterocycles. The number of hydrogen-bond acceptors (Lipinski definition) is 6. The SMILES string of the molecule is Cc1nc(N[C@H](C)c2cc(N)cc(C(F)(F)F)c2C)c2cc(P3(=O)CCN(C(=O)C4CC4)CC3)ccc2n1. The number of carbonyl (C=O) groups excluding carboxylic acids is 1. The minimum Gasteiger partial charge on any atom is -0.399 e. The van der Waals surface area contributed by atoms with Gasteiger partial charge in [-0.1, -0.05) is 0 Å². The van der Waals surface area contributed by atoms with Crippen LogP contribution in [0.15, 0.2) is 30.3 Å². The van der Waals surface area contributed by atoms with Crippen molar-refractivity contribution in [2.75, 3.05) is 36.5 Å². The Morgan fingerprint density at radius 2 is 1.82 bits per heavy atom. The lowest BCUT2D eigenvalue weighted by atomic mass is 9.96. The van der Waals surface area contributed by atoms with E-state index in [1.165, 1.54) is 6.92 Å². The van der Waals surface area contributed by atoms with E-state index < -0.39 is 24.9 Å². The number of nitrogens with one attached hydrogen (secondary N) is 1. The molecular weight excluding hydrogens is 514 g/mol. The van der Waals surface area contributed by atoms with Gasteiger partial charge in [-0.25, -0.2) is 9.97 Å². The number of fused-ring (bicyclic) bond motifs is 1. The fourth-order valence-corrected chi connectivity index (χ4v) is 7.82. The summed E-state index contributed by atoms with van der Waals surface area (Å²) in [5.41, 5.74) is 6.25. The van der Waals surface area contributed by atoms with E-state index in [9.17, 15) is 22.5 Å². The quantitative estimate of drug-likeness (QED) is 0.335. The number of hydrogen-bond donors (Lipinski definition) is 2. The largest absolute Gasteiger partial charge is 0.416 e. The molecule has 1 amide bonds. The van der Waals surface area contributed by atoms with E-state index in [0.717, 1.165) is 18.9 Å². The Kier molecular flexibility index (Phi) is 6.66. The third-order valence-electron chi connectivity index (χ3n) is 7.56. The van der Waals surface area contributed by atoms with Crippen LogP contribution >= 0.6 is 7.14 Å². The first kappa shape index (κ1) is 26.5. The summed E-state index contributed by atoms with van der Waals surface area (Å²) in [5, 5.41) is 4.60. The Labute approximate surface area is 219 Å². The monoisotopic (exact) mass is 545 g/mol. The fraction of sp³-hybridized carbons (Fsp3) is 0.444. The van der Waals surface area contributed by atoms with E-state index >= 15 is 0 Å². The number of aromatic nitrogens is 2. The van der Waals surface area contributed by atoms with Crippen LogP contribution in [0.3, 0.4) is 0 Å². The molecule has 202 valence electrons. The van der Waals surface area contributed by atoms with Gasteiger partial charge in [-0.15, -0.1) is 0 Å². The maximum absolute atomic E-state index is 13.9. The van der Waals surface area contributed by atoms with Gasteiger partial charge in [0.1, 0.15) is 18.8 Å². The van der Waals surface area contributed by atoms with Crippen LogP contribution in [0.1, 0.15) is 48.3 Å². The summed E-state index contributed by atoms with van der Waals surface area (Å²) in [4.78, 5) is 23.3. The highest BCUT2D eigenvalue weighted by Crippen LogP contribution is 2.47. The van der Waals surface area contributed by atoms with Crippen molar-refractivity contribution in [3.05, 3.63) is 52.8 Å². The second-order valence-electron chi connectivity index (χ2n) is 10.4. The maximum Gasteiger partial charge on any atom is 0.416 e. The number of nitrogen functional groups attached to an aromatic ring is 1. The highest BCUT2D eigenvalue weighted by molar-refractivity contribution is 7.71. The summed E-state index contributed by atoms with van der Waals surface area (Å²) in [6.07, 6.45) is -1.79. The van der Waals surface area contributed by atoms with Crippen LogP contribution in [-0.2, 0) is 15.5 Å². The van der Waals surface area contributed by atoms with Crippen molar-refractivity contribution in [3.8, 4) is 0 Å². The van der Waals surface area contributed by atoms with Crippen LogP contribution < -0.4 is 16.4 Å². The van der Waals surface area contributed by atoms with E-state index in [4.69, 9.17) is 5.73 Å². The van der Waals surface area contributed by atoms with Gasteiger partial charge in [-0.05, 0) is 75.1 Å². The van der Waals surface area contributed by atoms with Gasteiger partial charge in [-0.3, -0.25) is 4.79 Å². The van der Waals surface area contributed by atoms with Crippen LogP contribution in [-0.4, -0.2) is 46.2 Å². The molecule has 0 radical (unpaired) electrons. The molecule has 1 aliphatic carbocycles. The first-order valence-electron chi connectivity index (χ1n) is 12.8. The summed E-state index contributed by atoms with van der Waals surface area (Å²) >= 11 is 0. The molecule has 3 N–H and O–H groups in total. The Morgan fingerprint density at radius 1 is 1.13 bits per heavy atom. The lowest BCUT2D eigenvalue weighted by Crippen LogP contribution is -2.41. The van der Waals surface area contributed by atoms with Crippen molar-refractivity contribution in [1.82, 2.24) is 14.9 Å². The highest BCUT2D eigenvalue weighted by Gasteiger charge is 2.38. The van der Waals surface area contributed by atoms with E-state index in [2.05, 4.69) is 15.3 Å². The molecule has 0 spiro atoms. The number of halogens is 3. The van der Waals surface area contributed by atoms with Crippen LogP contribution in [0.25, 0.3) is 10.9 Å². The van der Waals surface area contributed by atoms with Crippen LogP contribution in [0, 0.1) is 19.8 Å². The van der Waals surface area contributed by atoms with Gasteiger partial charge in [0, 0.05) is 47.7 Å². The van der Waals surface area contributed by atoms with E-state index in [1.54, 1.807) is 19.9 Å². The van der Waals surface area contributed by atoms with Crippen molar-refractivity contribution in [1.29, 1.82) is 0 Å². The number of carbonyl (C=O) groups is 1. The summed E-state index contributed by atoms with van der Waals surface area (Å²) in [5.74, 6) is 1.26. The molecule has 7 nitrogen and oxygen atoms in total. The van der Waals surface area contributed by atoms with Gasteiger partial charge in [0.15, 0.2) is 0 Å². The number of aryl methyl sites for hydroxylation is 1. The van der Waals surface area contributed by atoms with Gasteiger partial charge in [-0.2, -0.15) is 13.2 Å². The molecule has 2 fully saturated rings. The van der Waals surface area contributed by atoms with Gasteiger partial charge >= 0.3 is 6.18 Å². The van der Waals surface area contributed by atoms with Crippen LogP contribution in [0.2, 0.25) is 0 Å². The second kappa shape index (κ2) is 9.56. The molecular formula is C27H31F3N5O2P.